The lowest BCUT2D eigenvalue weighted by Gasteiger charge is -2.28. The topological polar surface area (TPSA) is 94.2 Å². The molecule has 0 radical (unpaired) electrons. The van der Waals surface area contributed by atoms with Gasteiger partial charge in [0, 0.05) is 18.9 Å². The normalized spacial score (nSPS) is 12.5. The van der Waals surface area contributed by atoms with Crippen LogP contribution in [0.4, 0.5) is 13.2 Å². The average Bonchev–Trinajstić information content (AvgIpc) is 3.18. The largest absolute Gasteiger partial charge is 0.461 e. The Hall–Kier alpha value is -3.50. The van der Waals surface area contributed by atoms with Crippen molar-refractivity contribution in [3.05, 3.63) is 53.6 Å². The van der Waals surface area contributed by atoms with Crippen molar-refractivity contribution >= 4 is 5.91 Å². The van der Waals surface area contributed by atoms with Crippen LogP contribution < -0.4 is 4.74 Å². The molecule has 1 atom stereocenters. The van der Waals surface area contributed by atoms with E-state index < -0.39 is 17.8 Å². The van der Waals surface area contributed by atoms with Gasteiger partial charge in [-0.25, -0.2) is 9.97 Å². The summed E-state index contributed by atoms with van der Waals surface area (Å²) in [5.41, 5.74) is -0.0810. The monoisotopic (exact) mass is 435 g/mol. The van der Waals surface area contributed by atoms with Gasteiger partial charge in [0.1, 0.15) is 6.61 Å². The summed E-state index contributed by atoms with van der Waals surface area (Å²) < 4.78 is 48.4. The highest BCUT2D eigenvalue weighted by Gasteiger charge is 2.31. The molecule has 0 bridgehead atoms. The smallest absolute Gasteiger partial charge is 0.419 e. The number of amides is 1. The Balaban J connectivity index is 1.72. The molecule has 1 unspecified atom stereocenters. The van der Waals surface area contributed by atoms with E-state index in [4.69, 9.17) is 9.26 Å². The standard InChI is InChI=1S/C20H20F3N5O3/c1-4-28(12(2)11-30-19-24-9-14(10-25-19)20(21,22)23)18(29)16-8-6-5-7-15(16)17-26-13(3)27-31-17/h5-10,12H,4,11H2,1-3H3. The van der Waals surface area contributed by atoms with Gasteiger partial charge in [-0.2, -0.15) is 18.2 Å². The van der Waals surface area contributed by atoms with Crippen molar-refractivity contribution in [1.29, 1.82) is 0 Å². The van der Waals surface area contributed by atoms with E-state index >= 15 is 0 Å². The van der Waals surface area contributed by atoms with Gasteiger partial charge < -0.3 is 14.2 Å². The van der Waals surface area contributed by atoms with Crippen LogP contribution in [-0.4, -0.2) is 50.1 Å². The van der Waals surface area contributed by atoms with Crippen molar-refractivity contribution in [2.24, 2.45) is 0 Å². The highest BCUT2D eigenvalue weighted by molar-refractivity contribution is 6.00. The van der Waals surface area contributed by atoms with Crippen molar-refractivity contribution in [2.75, 3.05) is 13.2 Å². The SMILES string of the molecule is CCN(C(=O)c1ccccc1-c1nc(C)no1)C(C)COc1ncc(C(F)(F)F)cn1. The van der Waals surface area contributed by atoms with Gasteiger partial charge in [-0.1, -0.05) is 17.3 Å². The van der Waals surface area contributed by atoms with Crippen LogP contribution in [0, 0.1) is 6.92 Å². The van der Waals surface area contributed by atoms with Crippen molar-refractivity contribution in [1.82, 2.24) is 25.0 Å². The molecule has 0 aliphatic rings. The first-order valence-electron chi connectivity index (χ1n) is 9.43. The maximum absolute atomic E-state index is 13.2. The third-order valence-electron chi connectivity index (χ3n) is 4.46. The van der Waals surface area contributed by atoms with Crippen LogP contribution in [0.3, 0.4) is 0 Å². The van der Waals surface area contributed by atoms with Crippen LogP contribution in [0.2, 0.25) is 0 Å². The zero-order valence-corrected chi connectivity index (χ0v) is 17.1. The minimum atomic E-state index is -4.53. The predicted molar refractivity (Wildman–Crippen MR) is 103 cm³/mol. The minimum absolute atomic E-state index is 0.00717. The number of halogens is 3. The molecule has 1 amide bonds. The molecule has 0 N–H and O–H groups in total. The number of nitrogens with zero attached hydrogens (tertiary/aromatic N) is 5. The Labute approximate surface area is 176 Å². The highest BCUT2D eigenvalue weighted by atomic mass is 19.4. The third kappa shape index (κ3) is 5.16. The van der Waals surface area contributed by atoms with Crippen molar-refractivity contribution in [3.8, 4) is 17.5 Å². The Morgan fingerprint density at radius 3 is 2.48 bits per heavy atom. The van der Waals surface area contributed by atoms with Crippen molar-refractivity contribution < 1.29 is 27.2 Å². The van der Waals surface area contributed by atoms with Gasteiger partial charge in [-0.15, -0.1) is 0 Å². The molecule has 3 rings (SSSR count). The number of carbonyl (C=O) groups excluding carboxylic acids is 1. The first-order chi connectivity index (χ1) is 14.7. The number of aromatic nitrogens is 4. The Morgan fingerprint density at radius 1 is 1.23 bits per heavy atom. The lowest BCUT2D eigenvalue weighted by molar-refractivity contribution is -0.138. The first kappa shape index (κ1) is 22.2. The summed E-state index contributed by atoms with van der Waals surface area (Å²) >= 11 is 0. The summed E-state index contributed by atoms with van der Waals surface area (Å²) in [4.78, 5) is 26.1. The quantitative estimate of drug-likeness (QED) is 0.557. The molecule has 0 aliphatic carbocycles. The van der Waals surface area contributed by atoms with Gasteiger partial charge in [0.05, 0.1) is 22.7 Å². The summed E-state index contributed by atoms with van der Waals surface area (Å²) in [6.07, 6.45) is -3.22. The maximum Gasteiger partial charge on any atom is 0.419 e. The molecule has 8 nitrogen and oxygen atoms in total. The number of carbonyl (C=O) groups is 1. The van der Waals surface area contributed by atoms with Crippen molar-refractivity contribution in [2.45, 2.75) is 33.0 Å². The number of hydrogen-bond donors (Lipinski definition) is 0. The molecule has 0 spiro atoms. The fourth-order valence-corrected chi connectivity index (χ4v) is 2.89. The van der Waals surface area contributed by atoms with E-state index in [1.54, 1.807) is 43.0 Å². The lowest BCUT2D eigenvalue weighted by Crippen LogP contribution is -2.42. The Kier molecular flexibility index (Phi) is 6.52. The highest BCUT2D eigenvalue weighted by Crippen LogP contribution is 2.28. The molecule has 2 heterocycles. The average molecular weight is 435 g/mol. The summed E-state index contributed by atoms with van der Waals surface area (Å²) in [6.45, 7) is 5.60. The molecule has 1 aromatic carbocycles. The van der Waals surface area contributed by atoms with Crippen LogP contribution in [-0.2, 0) is 6.18 Å². The number of aryl methyl sites for hydroxylation is 1. The lowest BCUT2D eigenvalue weighted by atomic mass is 10.1. The van der Waals surface area contributed by atoms with E-state index in [-0.39, 0.29) is 24.4 Å². The molecule has 0 fully saturated rings. The maximum atomic E-state index is 13.2. The van der Waals surface area contributed by atoms with Gasteiger partial charge in [0.15, 0.2) is 5.82 Å². The number of benzene rings is 1. The number of alkyl halides is 3. The second-order valence-electron chi connectivity index (χ2n) is 6.70. The van der Waals surface area contributed by atoms with E-state index in [9.17, 15) is 18.0 Å². The van der Waals surface area contributed by atoms with E-state index in [0.29, 0.717) is 35.9 Å². The summed E-state index contributed by atoms with van der Waals surface area (Å²) in [5.74, 6) is 0.404. The van der Waals surface area contributed by atoms with Crippen LogP contribution in [0.15, 0.2) is 41.2 Å². The van der Waals surface area contributed by atoms with E-state index in [2.05, 4.69) is 20.1 Å². The molecule has 0 saturated carbocycles. The van der Waals surface area contributed by atoms with Gasteiger partial charge in [-0.05, 0) is 32.9 Å². The van der Waals surface area contributed by atoms with Gasteiger partial charge in [-0.3, -0.25) is 4.79 Å². The van der Waals surface area contributed by atoms with E-state index in [0.717, 1.165) is 0 Å². The predicted octanol–water partition coefficient (Wildman–Crippen LogP) is 3.78. The Bertz CT molecular complexity index is 1040. The number of likely N-dealkylation sites (N-methyl/N-ethyl adjacent to an activating group) is 1. The van der Waals surface area contributed by atoms with E-state index in [1.807, 2.05) is 6.92 Å². The molecular formula is C20H20F3N5O3. The number of ether oxygens (including phenoxy) is 1. The van der Waals surface area contributed by atoms with Crippen LogP contribution in [0.5, 0.6) is 6.01 Å². The molecule has 3 aromatic rings. The van der Waals surface area contributed by atoms with Crippen LogP contribution in [0.1, 0.15) is 35.6 Å². The van der Waals surface area contributed by atoms with Crippen molar-refractivity contribution in [3.63, 3.8) is 0 Å². The fraction of sp³-hybridized carbons (Fsp3) is 0.350. The molecule has 31 heavy (non-hydrogen) atoms. The van der Waals surface area contributed by atoms with E-state index in [1.165, 1.54) is 0 Å². The van der Waals surface area contributed by atoms with Crippen LogP contribution in [0.25, 0.3) is 11.5 Å². The summed E-state index contributed by atoms with van der Waals surface area (Å²) in [7, 11) is 0. The molecule has 2 aromatic heterocycles. The van der Waals surface area contributed by atoms with Gasteiger partial charge >= 0.3 is 12.2 Å². The second-order valence-corrected chi connectivity index (χ2v) is 6.70. The molecular weight excluding hydrogens is 415 g/mol. The fourth-order valence-electron chi connectivity index (χ4n) is 2.89. The molecule has 0 aliphatic heterocycles. The van der Waals surface area contributed by atoms with Crippen LogP contribution >= 0.6 is 0 Å². The second kappa shape index (κ2) is 9.11. The zero-order chi connectivity index (χ0) is 22.6. The summed E-state index contributed by atoms with van der Waals surface area (Å²) in [5, 5.41) is 3.76. The molecule has 164 valence electrons. The van der Waals surface area contributed by atoms with Gasteiger partial charge in [0.25, 0.3) is 11.8 Å². The minimum Gasteiger partial charge on any atom is -0.461 e. The van der Waals surface area contributed by atoms with Gasteiger partial charge in [0.2, 0.25) is 0 Å². The molecule has 0 saturated heterocycles. The third-order valence-corrected chi connectivity index (χ3v) is 4.46. The number of hydrogen-bond acceptors (Lipinski definition) is 7. The Morgan fingerprint density at radius 2 is 1.90 bits per heavy atom. The molecule has 11 heteroatoms. The number of rotatable bonds is 7. The zero-order valence-electron chi connectivity index (χ0n) is 17.1. The first-order valence-corrected chi connectivity index (χ1v) is 9.43. The summed E-state index contributed by atoms with van der Waals surface area (Å²) in [6, 6.07) is 6.24.